The molecule has 0 radical (unpaired) electrons. The summed E-state index contributed by atoms with van der Waals surface area (Å²) in [6, 6.07) is 16.3. The summed E-state index contributed by atoms with van der Waals surface area (Å²) in [6.07, 6.45) is 5.24. The molecule has 1 saturated carbocycles. The Morgan fingerprint density at radius 1 is 1.05 bits per heavy atom. The topological polar surface area (TPSA) is 24.4 Å². The minimum atomic E-state index is 0. The highest BCUT2D eigenvalue weighted by Crippen LogP contribution is 2.29. The van der Waals surface area contributed by atoms with Gasteiger partial charge in [0, 0.05) is 5.75 Å². The molecule has 2 aromatic rings. The standard InChI is InChI=1S/C18H20N2S.ClH/c1-2-9-15-13(6-1)7-5-8-14(15)12-21-18-19-16-10-3-4-11-17(16)20-18;/h1-2,5-9,16-17H,3-4,10-12H2,(H,19,20);1H. The SMILES string of the molecule is Cl.c1ccc2c(CSC3=NC4CCCCC4N3)cccc2c1. The van der Waals surface area contributed by atoms with Crippen molar-refractivity contribution in [2.24, 2.45) is 4.99 Å². The van der Waals surface area contributed by atoms with Crippen LogP contribution in [0.2, 0.25) is 0 Å². The number of amidine groups is 1. The van der Waals surface area contributed by atoms with Crippen LogP contribution in [0.3, 0.4) is 0 Å². The molecule has 2 unspecified atom stereocenters. The lowest BCUT2D eigenvalue weighted by Gasteiger charge is -2.23. The first-order valence-electron chi connectivity index (χ1n) is 7.84. The van der Waals surface area contributed by atoms with Crippen molar-refractivity contribution < 1.29 is 0 Å². The Bertz CT molecular complexity index is 680. The second-order valence-electron chi connectivity index (χ2n) is 5.96. The van der Waals surface area contributed by atoms with E-state index in [1.807, 2.05) is 11.8 Å². The van der Waals surface area contributed by atoms with Crippen molar-refractivity contribution in [2.75, 3.05) is 0 Å². The fourth-order valence-corrected chi connectivity index (χ4v) is 4.41. The number of rotatable bonds is 2. The summed E-state index contributed by atoms with van der Waals surface area (Å²) in [5.74, 6) is 0.993. The number of fused-ring (bicyclic) bond motifs is 2. The first-order chi connectivity index (χ1) is 10.4. The van der Waals surface area contributed by atoms with Crippen LogP contribution in [-0.2, 0) is 5.75 Å². The molecule has 1 aliphatic carbocycles. The number of benzene rings is 2. The van der Waals surface area contributed by atoms with Crippen LogP contribution in [0, 0.1) is 0 Å². The average molecular weight is 333 g/mol. The van der Waals surface area contributed by atoms with Gasteiger partial charge in [-0.3, -0.25) is 4.99 Å². The Balaban J connectivity index is 0.00000144. The lowest BCUT2D eigenvalue weighted by Crippen LogP contribution is -2.36. The summed E-state index contributed by atoms with van der Waals surface area (Å²) in [6.45, 7) is 0. The number of hydrogen-bond acceptors (Lipinski definition) is 3. The van der Waals surface area contributed by atoms with Crippen LogP contribution in [-0.4, -0.2) is 17.3 Å². The van der Waals surface area contributed by atoms with Crippen molar-refractivity contribution in [2.45, 2.75) is 43.5 Å². The lowest BCUT2D eigenvalue weighted by atomic mass is 9.92. The molecule has 0 amide bonds. The van der Waals surface area contributed by atoms with Crippen LogP contribution in [0.1, 0.15) is 31.2 Å². The second kappa shape index (κ2) is 6.93. The summed E-state index contributed by atoms with van der Waals surface area (Å²) < 4.78 is 0. The molecule has 0 bridgehead atoms. The predicted molar refractivity (Wildman–Crippen MR) is 99.1 cm³/mol. The van der Waals surface area contributed by atoms with Crippen molar-refractivity contribution in [3.05, 3.63) is 48.0 Å². The first-order valence-corrected chi connectivity index (χ1v) is 8.82. The highest BCUT2D eigenvalue weighted by molar-refractivity contribution is 8.13. The molecule has 2 nitrogen and oxygen atoms in total. The fraction of sp³-hybridized carbons (Fsp3) is 0.389. The van der Waals surface area contributed by atoms with Gasteiger partial charge in [-0.2, -0.15) is 0 Å². The van der Waals surface area contributed by atoms with Crippen LogP contribution in [0.4, 0.5) is 0 Å². The molecule has 1 fully saturated rings. The molecule has 1 N–H and O–H groups in total. The van der Waals surface area contributed by atoms with Crippen LogP contribution in [0.5, 0.6) is 0 Å². The largest absolute Gasteiger partial charge is 0.360 e. The smallest absolute Gasteiger partial charge is 0.157 e. The number of nitrogens with zero attached hydrogens (tertiary/aromatic N) is 1. The van der Waals surface area contributed by atoms with Crippen molar-refractivity contribution in [3.63, 3.8) is 0 Å². The molecule has 4 rings (SSSR count). The van der Waals surface area contributed by atoms with Crippen LogP contribution >= 0.6 is 24.2 Å². The Morgan fingerprint density at radius 3 is 2.77 bits per heavy atom. The first kappa shape index (κ1) is 15.7. The van der Waals surface area contributed by atoms with Crippen molar-refractivity contribution in [3.8, 4) is 0 Å². The maximum absolute atomic E-state index is 4.87. The fourth-order valence-electron chi connectivity index (χ4n) is 3.42. The molecule has 2 atom stereocenters. The van der Waals surface area contributed by atoms with E-state index in [-0.39, 0.29) is 12.4 Å². The maximum Gasteiger partial charge on any atom is 0.157 e. The van der Waals surface area contributed by atoms with Gasteiger partial charge in [0.2, 0.25) is 0 Å². The summed E-state index contributed by atoms with van der Waals surface area (Å²) in [7, 11) is 0. The number of thioether (sulfide) groups is 1. The minimum absolute atomic E-state index is 0. The number of aliphatic imine (C=N–C) groups is 1. The van der Waals surface area contributed by atoms with Crippen molar-refractivity contribution in [1.29, 1.82) is 0 Å². The van der Waals surface area contributed by atoms with Crippen LogP contribution in [0.15, 0.2) is 47.5 Å². The quantitative estimate of drug-likeness (QED) is 0.857. The van der Waals surface area contributed by atoms with Gasteiger partial charge < -0.3 is 5.32 Å². The molecule has 0 aromatic heterocycles. The van der Waals surface area contributed by atoms with Gasteiger partial charge in [0.1, 0.15) is 0 Å². The molecule has 0 spiro atoms. The van der Waals surface area contributed by atoms with Crippen LogP contribution in [0.25, 0.3) is 10.8 Å². The normalized spacial score (nSPS) is 23.4. The van der Waals surface area contributed by atoms with Crippen LogP contribution < -0.4 is 5.32 Å². The Labute approximate surface area is 142 Å². The predicted octanol–water partition coefficient (Wildman–Crippen LogP) is 4.77. The van der Waals surface area contributed by atoms with Gasteiger partial charge >= 0.3 is 0 Å². The molecule has 116 valence electrons. The van der Waals surface area contributed by atoms with Gasteiger partial charge in [-0.05, 0) is 29.2 Å². The number of halogens is 1. The monoisotopic (exact) mass is 332 g/mol. The zero-order chi connectivity index (χ0) is 14.1. The molecule has 2 aliphatic rings. The lowest BCUT2D eigenvalue weighted by molar-refractivity contribution is 0.385. The van der Waals surface area contributed by atoms with E-state index in [2.05, 4.69) is 47.8 Å². The van der Waals surface area contributed by atoms with Crippen molar-refractivity contribution >= 4 is 40.1 Å². The summed E-state index contributed by atoms with van der Waals surface area (Å²) in [5.41, 5.74) is 1.40. The van der Waals surface area contributed by atoms with Gasteiger partial charge in [-0.25, -0.2) is 0 Å². The average Bonchev–Trinajstić information content (AvgIpc) is 2.96. The molecular weight excluding hydrogens is 312 g/mol. The third kappa shape index (κ3) is 3.11. The molecule has 0 saturated heterocycles. The third-order valence-electron chi connectivity index (χ3n) is 4.57. The molecule has 1 aliphatic heterocycles. The highest BCUT2D eigenvalue weighted by Gasteiger charge is 2.30. The van der Waals surface area contributed by atoms with Gasteiger partial charge in [-0.1, -0.05) is 67.1 Å². The van der Waals surface area contributed by atoms with Gasteiger partial charge in [0.15, 0.2) is 5.17 Å². The Hall–Kier alpha value is -1.19. The zero-order valence-electron chi connectivity index (χ0n) is 12.5. The zero-order valence-corrected chi connectivity index (χ0v) is 14.1. The molecule has 2 aromatic carbocycles. The van der Waals surface area contributed by atoms with E-state index in [1.165, 1.54) is 42.0 Å². The summed E-state index contributed by atoms with van der Waals surface area (Å²) >= 11 is 1.86. The minimum Gasteiger partial charge on any atom is -0.360 e. The summed E-state index contributed by atoms with van der Waals surface area (Å²) in [4.78, 5) is 4.87. The Morgan fingerprint density at radius 2 is 1.86 bits per heavy atom. The molecule has 22 heavy (non-hydrogen) atoms. The molecule has 4 heteroatoms. The number of nitrogens with one attached hydrogen (secondary N) is 1. The van der Waals surface area contributed by atoms with E-state index in [4.69, 9.17) is 4.99 Å². The van der Waals surface area contributed by atoms with E-state index in [1.54, 1.807) is 0 Å². The van der Waals surface area contributed by atoms with Crippen molar-refractivity contribution in [1.82, 2.24) is 5.32 Å². The third-order valence-corrected chi connectivity index (χ3v) is 5.52. The van der Waals surface area contributed by atoms with E-state index in [0.717, 1.165) is 10.9 Å². The molecule has 1 heterocycles. The maximum atomic E-state index is 4.87. The highest BCUT2D eigenvalue weighted by atomic mass is 35.5. The Kier molecular flexibility index (Phi) is 4.94. The molecular formula is C18H21ClN2S. The van der Waals surface area contributed by atoms with E-state index < -0.39 is 0 Å². The van der Waals surface area contributed by atoms with E-state index in [0.29, 0.717) is 12.1 Å². The van der Waals surface area contributed by atoms with Gasteiger partial charge in [0.05, 0.1) is 12.1 Å². The second-order valence-corrected chi connectivity index (χ2v) is 6.93. The van der Waals surface area contributed by atoms with E-state index in [9.17, 15) is 0 Å². The van der Waals surface area contributed by atoms with Gasteiger partial charge in [-0.15, -0.1) is 12.4 Å². The van der Waals surface area contributed by atoms with E-state index >= 15 is 0 Å². The van der Waals surface area contributed by atoms with Gasteiger partial charge in [0.25, 0.3) is 0 Å². The summed E-state index contributed by atoms with van der Waals surface area (Å²) in [5, 5.41) is 7.47. The number of hydrogen-bond donors (Lipinski definition) is 1.